The van der Waals surface area contributed by atoms with Gasteiger partial charge in [0, 0.05) is 6.04 Å². The van der Waals surface area contributed by atoms with Crippen LogP contribution in [-0.2, 0) is 0 Å². The summed E-state index contributed by atoms with van der Waals surface area (Å²) in [6.07, 6.45) is 7.39. The van der Waals surface area contributed by atoms with Crippen molar-refractivity contribution in [2.24, 2.45) is 0 Å². The lowest BCUT2D eigenvalue weighted by atomic mass is 10.1. The first-order valence-electron chi connectivity index (χ1n) is 4.23. The second kappa shape index (κ2) is 6.02. The molecule has 0 aliphatic heterocycles. The highest BCUT2D eigenvalue weighted by molar-refractivity contribution is 5.02. The molecule has 0 fully saturated rings. The van der Waals surface area contributed by atoms with Crippen LogP contribution in [0.3, 0.4) is 0 Å². The van der Waals surface area contributed by atoms with Gasteiger partial charge < -0.3 is 5.32 Å². The lowest BCUT2D eigenvalue weighted by Crippen LogP contribution is -2.20. The molecule has 1 N–H and O–H groups in total. The highest BCUT2D eigenvalue weighted by Crippen LogP contribution is 1.98. The zero-order valence-electron chi connectivity index (χ0n) is 8.02. The Morgan fingerprint density at radius 2 is 2.09 bits per heavy atom. The molecule has 1 heteroatoms. The van der Waals surface area contributed by atoms with Crippen molar-refractivity contribution in [1.29, 1.82) is 0 Å². The van der Waals surface area contributed by atoms with Crippen LogP contribution >= 0.6 is 0 Å². The summed E-state index contributed by atoms with van der Waals surface area (Å²) in [5.74, 6) is 0. The summed E-state index contributed by atoms with van der Waals surface area (Å²) < 4.78 is 0. The number of nitrogens with one attached hydrogen (secondary N) is 1. The molecule has 0 aromatic rings. The third-order valence-electron chi connectivity index (χ3n) is 1.45. The predicted octanol–water partition coefficient (Wildman–Crippen LogP) is 2.85. The van der Waals surface area contributed by atoms with Gasteiger partial charge in [0.1, 0.15) is 0 Å². The maximum absolute atomic E-state index is 3.29. The summed E-state index contributed by atoms with van der Waals surface area (Å²) in [6, 6.07) is 0.496. The predicted molar refractivity (Wildman–Crippen MR) is 51.5 cm³/mol. The second-order valence-corrected chi connectivity index (χ2v) is 2.93. The summed E-state index contributed by atoms with van der Waals surface area (Å²) in [7, 11) is 0. The monoisotopic (exact) mass is 153 g/mol. The van der Waals surface area contributed by atoms with Gasteiger partial charge in [0.25, 0.3) is 0 Å². The summed E-state index contributed by atoms with van der Waals surface area (Å²) in [4.78, 5) is 0. The van der Waals surface area contributed by atoms with Crippen molar-refractivity contribution in [3.05, 3.63) is 23.9 Å². The van der Waals surface area contributed by atoms with E-state index in [9.17, 15) is 0 Å². The van der Waals surface area contributed by atoms with Crippen LogP contribution in [0.5, 0.6) is 0 Å². The van der Waals surface area contributed by atoms with Gasteiger partial charge >= 0.3 is 0 Å². The topological polar surface area (TPSA) is 12.0 Å². The van der Waals surface area contributed by atoms with E-state index in [0.717, 1.165) is 6.42 Å². The van der Waals surface area contributed by atoms with Gasteiger partial charge in [-0.15, -0.1) is 0 Å². The van der Waals surface area contributed by atoms with Crippen LogP contribution in [0.2, 0.25) is 0 Å². The van der Waals surface area contributed by atoms with E-state index in [-0.39, 0.29) is 0 Å². The Labute approximate surface area is 70.2 Å². The van der Waals surface area contributed by atoms with Crippen LogP contribution in [0.15, 0.2) is 23.9 Å². The zero-order valence-corrected chi connectivity index (χ0v) is 8.02. The number of hydrogen-bond acceptors (Lipinski definition) is 1. The van der Waals surface area contributed by atoms with Crippen LogP contribution < -0.4 is 5.32 Å². The minimum absolute atomic E-state index is 0.496. The standard InChI is InChI=1S/C10H19N/c1-5-7-11-10(6-2)8-9(3)4/h5,7-8,10-11H,6H2,1-4H3/b7-5-. The van der Waals surface area contributed by atoms with Gasteiger partial charge in [0.2, 0.25) is 0 Å². The Kier molecular flexibility index (Phi) is 5.63. The smallest absolute Gasteiger partial charge is 0.0438 e. The maximum Gasteiger partial charge on any atom is 0.0438 e. The van der Waals surface area contributed by atoms with Gasteiger partial charge in [-0.1, -0.05) is 24.6 Å². The molecule has 0 amide bonds. The molecular weight excluding hydrogens is 134 g/mol. The van der Waals surface area contributed by atoms with Gasteiger partial charge in [-0.2, -0.15) is 0 Å². The largest absolute Gasteiger partial charge is 0.385 e. The number of rotatable bonds is 4. The fourth-order valence-corrected chi connectivity index (χ4v) is 0.906. The van der Waals surface area contributed by atoms with Gasteiger partial charge in [0.05, 0.1) is 0 Å². The molecule has 0 rings (SSSR count). The Bertz CT molecular complexity index is 141. The highest BCUT2D eigenvalue weighted by atomic mass is 14.9. The molecule has 0 aliphatic rings. The molecule has 0 saturated heterocycles. The fourth-order valence-electron chi connectivity index (χ4n) is 0.906. The number of hydrogen-bond donors (Lipinski definition) is 1. The van der Waals surface area contributed by atoms with E-state index in [1.54, 1.807) is 0 Å². The number of allylic oxidation sites excluding steroid dienone is 2. The van der Waals surface area contributed by atoms with E-state index in [0.29, 0.717) is 6.04 Å². The first-order chi connectivity index (χ1) is 5.20. The zero-order chi connectivity index (χ0) is 8.69. The summed E-state index contributed by atoms with van der Waals surface area (Å²) in [6.45, 7) is 8.45. The molecule has 0 heterocycles. The average Bonchev–Trinajstić information content (AvgIpc) is 1.97. The maximum atomic E-state index is 3.29. The molecule has 1 unspecified atom stereocenters. The molecule has 0 radical (unpaired) electrons. The second-order valence-electron chi connectivity index (χ2n) is 2.93. The van der Waals surface area contributed by atoms with Crippen molar-refractivity contribution in [2.75, 3.05) is 0 Å². The third kappa shape index (κ3) is 5.71. The third-order valence-corrected chi connectivity index (χ3v) is 1.45. The van der Waals surface area contributed by atoms with E-state index in [1.807, 2.05) is 19.2 Å². The van der Waals surface area contributed by atoms with Crippen LogP contribution in [0.25, 0.3) is 0 Å². The summed E-state index contributed by atoms with van der Waals surface area (Å²) >= 11 is 0. The van der Waals surface area contributed by atoms with Crippen LogP contribution in [0.1, 0.15) is 34.1 Å². The van der Waals surface area contributed by atoms with Crippen LogP contribution in [-0.4, -0.2) is 6.04 Å². The first-order valence-corrected chi connectivity index (χ1v) is 4.23. The Morgan fingerprint density at radius 3 is 2.45 bits per heavy atom. The first kappa shape index (κ1) is 10.3. The molecule has 0 aromatic heterocycles. The van der Waals surface area contributed by atoms with Crippen LogP contribution in [0, 0.1) is 0 Å². The van der Waals surface area contributed by atoms with Crippen molar-refractivity contribution in [1.82, 2.24) is 5.32 Å². The highest BCUT2D eigenvalue weighted by Gasteiger charge is 1.96. The molecule has 1 nitrogen and oxygen atoms in total. The molecule has 0 aliphatic carbocycles. The normalized spacial score (nSPS) is 13.1. The van der Waals surface area contributed by atoms with Gasteiger partial charge in [-0.25, -0.2) is 0 Å². The minimum atomic E-state index is 0.496. The quantitative estimate of drug-likeness (QED) is 0.612. The van der Waals surface area contributed by atoms with Crippen molar-refractivity contribution in [2.45, 2.75) is 40.2 Å². The molecule has 0 spiro atoms. The van der Waals surface area contributed by atoms with Crippen molar-refractivity contribution < 1.29 is 0 Å². The Balaban J connectivity index is 3.86. The van der Waals surface area contributed by atoms with Crippen LogP contribution in [0.4, 0.5) is 0 Å². The molecule has 0 bridgehead atoms. The van der Waals surface area contributed by atoms with E-state index < -0.39 is 0 Å². The molecule has 64 valence electrons. The van der Waals surface area contributed by atoms with E-state index in [1.165, 1.54) is 5.57 Å². The van der Waals surface area contributed by atoms with E-state index in [4.69, 9.17) is 0 Å². The summed E-state index contributed by atoms with van der Waals surface area (Å²) in [5, 5.41) is 3.29. The van der Waals surface area contributed by atoms with E-state index >= 15 is 0 Å². The SMILES string of the molecule is C/C=C\NC(C=C(C)C)CC. The lowest BCUT2D eigenvalue weighted by molar-refractivity contribution is 0.672. The molecule has 11 heavy (non-hydrogen) atoms. The minimum Gasteiger partial charge on any atom is -0.385 e. The fraction of sp³-hybridized carbons (Fsp3) is 0.600. The van der Waals surface area contributed by atoms with Crippen molar-refractivity contribution in [3.63, 3.8) is 0 Å². The van der Waals surface area contributed by atoms with Crippen molar-refractivity contribution in [3.8, 4) is 0 Å². The van der Waals surface area contributed by atoms with Gasteiger partial charge in [0.15, 0.2) is 0 Å². The van der Waals surface area contributed by atoms with Crippen molar-refractivity contribution >= 4 is 0 Å². The van der Waals surface area contributed by atoms with Gasteiger partial charge in [-0.3, -0.25) is 0 Å². The Hall–Kier alpha value is -0.720. The molecule has 0 aromatic carbocycles. The van der Waals surface area contributed by atoms with Gasteiger partial charge in [-0.05, 0) is 33.4 Å². The Morgan fingerprint density at radius 1 is 1.45 bits per heavy atom. The summed E-state index contributed by atoms with van der Waals surface area (Å²) in [5.41, 5.74) is 1.37. The molecule has 1 atom stereocenters. The molecular formula is C10H19N. The average molecular weight is 153 g/mol. The van der Waals surface area contributed by atoms with E-state index in [2.05, 4.69) is 32.2 Å². The lowest BCUT2D eigenvalue weighted by Gasteiger charge is -2.10. The molecule has 0 saturated carbocycles.